The Kier molecular flexibility index (Phi) is 5.68. The molecular formula is C15H32N4. The molecule has 0 aromatic carbocycles. The second-order valence-electron chi connectivity index (χ2n) is 6.93. The Labute approximate surface area is 119 Å². The summed E-state index contributed by atoms with van der Waals surface area (Å²) in [5.41, 5.74) is 8.12. The van der Waals surface area contributed by atoms with Gasteiger partial charge in [-0.1, -0.05) is 27.2 Å². The summed E-state index contributed by atoms with van der Waals surface area (Å²) in [6, 6.07) is 0. The molecule has 1 aliphatic heterocycles. The third-order valence-electron chi connectivity index (χ3n) is 4.15. The average Bonchev–Trinajstić information content (AvgIpc) is 2.83. The maximum Gasteiger partial charge on any atom is 0.0591 e. The lowest BCUT2D eigenvalue weighted by molar-refractivity contribution is 0.255. The molecule has 0 fully saturated rings. The minimum Gasteiger partial charge on any atom is -0.306 e. The van der Waals surface area contributed by atoms with Gasteiger partial charge >= 0.3 is 0 Å². The Morgan fingerprint density at radius 2 is 1.84 bits per heavy atom. The van der Waals surface area contributed by atoms with E-state index in [-0.39, 0.29) is 5.54 Å². The Hall–Kier alpha value is -0.740. The number of hydrogen-bond donors (Lipinski definition) is 3. The molecule has 4 nitrogen and oxygen atoms in total. The largest absolute Gasteiger partial charge is 0.306 e. The molecule has 1 aliphatic rings. The molecule has 0 aromatic heterocycles. The molecule has 0 unspecified atom stereocenters. The lowest BCUT2D eigenvalue weighted by Gasteiger charge is -2.31. The number of rotatable bonds is 8. The summed E-state index contributed by atoms with van der Waals surface area (Å²) in [6.07, 6.45) is 5.82. The highest BCUT2D eigenvalue weighted by Crippen LogP contribution is 2.29. The molecule has 0 bridgehead atoms. The first kappa shape index (κ1) is 16.3. The number of nitrogens with zero attached hydrogens (tertiary/aromatic N) is 1. The van der Waals surface area contributed by atoms with E-state index in [4.69, 9.17) is 0 Å². The first-order chi connectivity index (χ1) is 8.78. The number of nitrogens with one attached hydrogen (secondary N) is 3. The van der Waals surface area contributed by atoms with Crippen LogP contribution in [0.1, 0.15) is 60.8 Å². The van der Waals surface area contributed by atoms with Crippen molar-refractivity contribution in [3.05, 3.63) is 11.9 Å². The number of hydrogen-bond acceptors (Lipinski definition) is 4. The molecule has 0 aliphatic carbocycles. The van der Waals surface area contributed by atoms with E-state index in [1.54, 1.807) is 0 Å². The summed E-state index contributed by atoms with van der Waals surface area (Å²) in [5, 5.41) is 5.69. The van der Waals surface area contributed by atoms with Crippen LogP contribution in [0, 0.1) is 5.41 Å². The van der Waals surface area contributed by atoms with Gasteiger partial charge in [-0.15, -0.1) is 5.53 Å². The van der Waals surface area contributed by atoms with Gasteiger partial charge in [-0.05, 0) is 39.0 Å². The third-order valence-corrected chi connectivity index (χ3v) is 4.15. The minimum atomic E-state index is 0.175. The summed E-state index contributed by atoms with van der Waals surface area (Å²) in [6.45, 7) is 15.5. The molecule has 4 heteroatoms. The van der Waals surface area contributed by atoms with Crippen molar-refractivity contribution in [2.75, 3.05) is 13.1 Å². The third kappa shape index (κ3) is 5.83. The molecule has 0 atom stereocenters. The maximum absolute atomic E-state index is 3.64. The lowest BCUT2D eigenvalue weighted by Crippen LogP contribution is -2.43. The topological polar surface area (TPSA) is 39.3 Å². The van der Waals surface area contributed by atoms with Crippen molar-refractivity contribution >= 4 is 0 Å². The van der Waals surface area contributed by atoms with E-state index in [2.05, 4.69) is 64.0 Å². The average molecular weight is 268 g/mol. The molecule has 0 spiro atoms. The fourth-order valence-corrected chi connectivity index (χ4v) is 1.91. The molecule has 0 amide bonds. The molecule has 0 aromatic rings. The first-order valence-corrected chi connectivity index (χ1v) is 7.52. The van der Waals surface area contributed by atoms with Crippen molar-refractivity contribution in [1.29, 1.82) is 0 Å². The monoisotopic (exact) mass is 268 g/mol. The highest BCUT2D eigenvalue weighted by Gasteiger charge is 2.23. The van der Waals surface area contributed by atoms with Gasteiger partial charge in [0.05, 0.1) is 5.70 Å². The van der Waals surface area contributed by atoms with Gasteiger partial charge in [-0.25, -0.2) is 0 Å². The van der Waals surface area contributed by atoms with Crippen LogP contribution in [-0.4, -0.2) is 23.6 Å². The predicted molar refractivity (Wildman–Crippen MR) is 82.1 cm³/mol. The predicted octanol–water partition coefficient (Wildman–Crippen LogP) is 2.76. The van der Waals surface area contributed by atoms with Gasteiger partial charge in [0, 0.05) is 24.8 Å². The van der Waals surface area contributed by atoms with E-state index in [0.717, 1.165) is 13.1 Å². The van der Waals surface area contributed by atoms with Gasteiger partial charge in [0.15, 0.2) is 0 Å². The van der Waals surface area contributed by atoms with Gasteiger partial charge in [-0.3, -0.25) is 5.01 Å². The van der Waals surface area contributed by atoms with E-state index in [9.17, 15) is 0 Å². The SMILES string of the molecule is CCN1C=C(CNC(C)(C)CCC(C)(C)CC)NN1. The van der Waals surface area contributed by atoms with Crippen molar-refractivity contribution in [2.24, 2.45) is 5.41 Å². The second kappa shape index (κ2) is 6.62. The molecular weight excluding hydrogens is 236 g/mol. The standard InChI is InChI=1S/C15H32N4/c1-7-14(3,4)9-10-15(5,6)16-11-13-12-19(8-2)18-17-13/h12,16-18H,7-11H2,1-6H3. The summed E-state index contributed by atoms with van der Waals surface area (Å²) in [4.78, 5) is 0. The Bertz CT molecular complexity index is 307. The molecule has 0 saturated carbocycles. The van der Waals surface area contributed by atoms with Crippen molar-refractivity contribution in [1.82, 2.24) is 21.3 Å². The quantitative estimate of drug-likeness (QED) is 0.633. The highest BCUT2D eigenvalue weighted by molar-refractivity contribution is 5.04. The van der Waals surface area contributed by atoms with E-state index < -0.39 is 0 Å². The van der Waals surface area contributed by atoms with Crippen LogP contribution in [0.4, 0.5) is 0 Å². The smallest absolute Gasteiger partial charge is 0.0591 e. The van der Waals surface area contributed by atoms with Crippen LogP contribution in [-0.2, 0) is 0 Å². The maximum atomic E-state index is 3.64. The fraction of sp³-hybridized carbons (Fsp3) is 0.867. The fourth-order valence-electron chi connectivity index (χ4n) is 1.91. The van der Waals surface area contributed by atoms with Crippen LogP contribution in [0.2, 0.25) is 0 Å². The molecule has 0 radical (unpaired) electrons. The van der Waals surface area contributed by atoms with E-state index in [1.807, 2.05) is 5.01 Å². The molecule has 112 valence electrons. The molecule has 0 saturated heterocycles. The zero-order valence-corrected chi connectivity index (χ0v) is 13.6. The van der Waals surface area contributed by atoms with Crippen molar-refractivity contribution in [2.45, 2.75) is 66.3 Å². The molecule has 3 N–H and O–H groups in total. The van der Waals surface area contributed by atoms with E-state index in [0.29, 0.717) is 5.41 Å². The Morgan fingerprint density at radius 1 is 1.16 bits per heavy atom. The van der Waals surface area contributed by atoms with E-state index in [1.165, 1.54) is 25.0 Å². The summed E-state index contributed by atoms with van der Waals surface area (Å²) >= 11 is 0. The van der Waals surface area contributed by atoms with Crippen LogP contribution in [0.3, 0.4) is 0 Å². The highest BCUT2D eigenvalue weighted by atomic mass is 15.7. The Morgan fingerprint density at radius 3 is 2.37 bits per heavy atom. The summed E-state index contributed by atoms with van der Waals surface area (Å²) in [5.74, 6) is 0. The van der Waals surface area contributed by atoms with Crippen LogP contribution >= 0.6 is 0 Å². The number of hydrazine groups is 2. The van der Waals surface area contributed by atoms with Crippen LogP contribution in [0.25, 0.3) is 0 Å². The van der Waals surface area contributed by atoms with Crippen LogP contribution < -0.4 is 16.3 Å². The molecule has 19 heavy (non-hydrogen) atoms. The van der Waals surface area contributed by atoms with Crippen LogP contribution in [0.15, 0.2) is 11.9 Å². The van der Waals surface area contributed by atoms with Crippen LogP contribution in [0.5, 0.6) is 0 Å². The van der Waals surface area contributed by atoms with Gasteiger partial charge < -0.3 is 10.7 Å². The zero-order chi connectivity index (χ0) is 14.5. The molecule has 1 heterocycles. The first-order valence-electron chi connectivity index (χ1n) is 7.52. The normalized spacial score (nSPS) is 16.5. The van der Waals surface area contributed by atoms with E-state index >= 15 is 0 Å². The second-order valence-corrected chi connectivity index (χ2v) is 6.93. The zero-order valence-electron chi connectivity index (χ0n) is 13.6. The molecule has 1 rings (SSSR count). The van der Waals surface area contributed by atoms with Crippen molar-refractivity contribution in [3.63, 3.8) is 0 Å². The lowest BCUT2D eigenvalue weighted by atomic mass is 9.81. The van der Waals surface area contributed by atoms with Gasteiger partial charge in [-0.2, -0.15) is 0 Å². The van der Waals surface area contributed by atoms with Crippen molar-refractivity contribution in [3.8, 4) is 0 Å². The van der Waals surface area contributed by atoms with Gasteiger partial charge in [0.25, 0.3) is 0 Å². The minimum absolute atomic E-state index is 0.175. The van der Waals surface area contributed by atoms with Crippen molar-refractivity contribution < 1.29 is 0 Å². The van der Waals surface area contributed by atoms with Gasteiger partial charge in [0.1, 0.15) is 0 Å². The van der Waals surface area contributed by atoms with Gasteiger partial charge in [0.2, 0.25) is 0 Å². The summed E-state index contributed by atoms with van der Waals surface area (Å²) in [7, 11) is 0. The Balaban J connectivity index is 2.35. The summed E-state index contributed by atoms with van der Waals surface area (Å²) < 4.78 is 0.